The van der Waals surface area contributed by atoms with Crippen LogP contribution in [0.1, 0.15) is 58.2 Å². The Balaban J connectivity index is 3.11. The van der Waals surface area contributed by atoms with Crippen molar-refractivity contribution < 1.29 is 4.74 Å². The summed E-state index contributed by atoms with van der Waals surface area (Å²) in [6.45, 7) is 14.3. The molecule has 0 bridgehead atoms. The molecule has 1 aromatic heterocycles. The maximum absolute atomic E-state index is 6.50. The highest BCUT2D eigenvalue weighted by atomic mass is 35.5. The van der Waals surface area contributed by atoms with Gasteiger partial charge in [-0.15, -0.1) is 6.58 Å². The van der Waals surface area contributed by atoms with Gasteiger partial charge in [-0.25, -0.2) is 4.98 Å². The minimum atomic E-state index is -0.0262. The van der Waals surface area contributed by atoms with Gasteiger partial charge in [0.15, 0.2) is 0 Å². The van der Waals surface area contributed by atoms with Crippen LogP contribution in [0.25, 0.3) is 0 Å². The van der Waals surface area contributed by atoms with Gasteiger partial charge < -0.3 is 4.74 Å². The largest absolute Gasteiger partial charge is 0.473 e. The molecule has 0 saturated carbocycles. The van der Waals surface area contributed by atoms with E-state index < -0.39 is 0 Å². The maximum Gasteiger partial charge on any atom is 0.233 e. The third-order valence-electron chi connectivity index (χ3n) is 3.18. The van der Waals surface area contributed by atoms with Crippen molar-refractivity contribution in [1.82, 2.24) is 4.98 Å². The van der Waals surface area contributed by atoms with Gasteiger partial charge in [-0.05, 0) is 30.4 Å². The lowest BCUT2D eigenvalue weighted by Crippen LogP contribution is -2.19. The van der Waals surface area contributed by atoms with Crippen molar-refractivity contribution in [1.29, 1.82) is 0 Å². The third kappa shape index (κ3) is 4.52. The molecule has 0 aliphatic carbocycles. The number of pyridine rings is 1. The monoisotopic (exact) mass is 295 g/mol. The summed E-state index contributed by atoms with van der Waals surface area (Å²) in [6, 6.07) is 2.04. The minimum absolute atomic E-state index is 0.0262. The van der Waals surface area contributed by atoms with E-state index >= 15 is 0 Å². The summed E-state index contributed by atoms with van der Waals surface area (Å²) >= 11 is 6.50. The first-order valence-electron chi connectivity index (χ1n) is 7.24. The molecule has 0 N–H and O–H groups in total. The lowest BCUT2D eigenvalue weighted by Gasteiger charge is -2.24. The molecular weight excluding hydrogens is 270 g/mol. The highest BCUT2D eigenvalue weighted by molar-refractivity contribution is 6.32. The predicted octanol–water partition coefficient (Wildman–Crippen LogP) is 5.46. The molecule has 0 spiro atoms. The van der Waals surface area contributed by atoms with Crippen molar-refractivity contribution >= 4 is 11.6 Å². The van der Waals surface area contributed by atoms with E-state index in [2.05, 4.69) is 39.3 Å². The van der Waals surface area contributed by atoms with Gasteiger partial charge in [-0.3, -0.25) is 0 Å². The number of aryl methyl sites for hydroxylation is 1. The van der Waals surface area contributed by atoms with E-state index in [0.29, 0.717) is 10.9 Å². The first-order chi connectivity index (χ1) is 9.29. The van der Waals surface area contributed by atoms with Crippen LogP contribution in [0.5, 0.6) is 5.88 Å². The summed E-state index contributed by atoms with van der Waals surface area (Å²) in [4.78, 5) is 4.46. The van der Waals surface area contributed by atoms with Crippen LogP contribution in [0, 0.1) is 6.92 Å². The summed E-state index contributed by atoms with van der Waals surface area (Å²) < 4.78 is 6.03. The average Bonchev–Trinajstić information content (AvgIpc) is 2.32. The molecule has 0 aliphatic rings. The molecule has 0 fully saturated rings. The standard InChI is InChI=1S/C17H26ClNO/c1-7-9-13(10-8-2)20-16-15(18)14(17(4,5)6)11-12(3)19-16/h7,11,13H,1,8-10H2,2-6H3/t13-/m0/s1. The number of nitrogens with zero attached hydrogens (tertiary/aromatic N) is 1. The van der Waals surface area contributed by atoms with E-state index in [9.17, 15) is 0 Å². The Kier molecular flexibility index (Phi) is 6.07. The number of ether oxygens (including phenoxy) is 1. The topological polar surface area (TPSA) is 22.1 Å². The zero-order valence-corrected chi connectivity index (χ0v) is 14.0. The minimum Gasteiger partial charge on any atom is -0.473 e. The molecule has 1 heterocycles. The van der Waals surface area contributed by atoms with Gasteiger partial charge in [0.1, 0.15) is 11.1 Å². The van der Waals surface area contributed by atoms with Gasteiger partial charge in [0.2, 0.25) is 5.88 Å². The molecule has 1 aromatic rings. The molecule has 2 nitrogen and oxygen atoms in total. The summed E-state index contributed by atoms with van der Waals surface area (Å²) in [6.07, 6.45) is 4.83. The Labute approximate surface area is 128 Å². The van der Waals surface area contributed by atoms with E-state index in [4.69, 9.17) is 16.3 Å². The first kappa shape index (κ1) is 17.0. The third-order valence-corrected chi connectivity index (χ3v) is 3.55. The lowest BCUT2D eigenvalue weighted by molar-refractivity contribution is 0.185. The van der Waals surface area contributed by atoms with Crippen LogP contribution < -0.4 is 4.74 Å². The molecule has 1 rings (SSSR count). The summed E-state index contributed by atoms with van der Waals surface area (Å²) in [5.41, 5.74) is 1.99. The number of hydrogen-bond acceptors (Lipinski definition) is 2. The lowest BCUT2D eigenvalue weighted by atomic mass is 9.87. The highest BCUT2D eigenvalue weighted by Gasteiger charge is 2.22. The van der Waals surface area contributed by atoms with Crippen molar-refractivity contribution in [2.24, 2.45) is 0 Å². The Morgan fingerprint density at radius 2 is 2.10 bits per heavy atom. The number of hydrogen-bond donors (Lipinski definition) is 0. The maximum atomic E-state index is 6.50. The Morgan fingerprint density at radius 1 is 1.45 bits per heavy atom. The van der Waals surface area contributed by atoms with Crippen molar-refractivity contribution in [2.75, 3.05) is 0 Å². The van der Waals surface area contributed by atoms with E-state index in [-0.39, 0.29) is 11.5 Å². The normalized spacial score (nSPS) is 13.1. The fourth-order valence-corrected chi connectivity index (χ4v) is 2.57. The molecule has 0 saturated heterocycles. The molecule has 0 unspecified atom stereocenters. The summed E-state index contributed by atoms with van der Waals surface area (Å²) in [7, 11) is 0. The van der Waals surface area contributed by atoms with Crippen molar-refractivity contribution in [3.05, 3.63) is 35.0 Å². The molecule has 20 heavy (non-hydrogen) atoms. The van der Waals surface area contributed by atoms with Crippen LogP contribution in [-0.4, -0.2) is 11.1 Å². The molecule has 0 radical (unpaired) electrons. The molecule has 112 valence electrons. The molecule has 0 aliphatic heterocycles. The highest BCUT2D eigenvalue weighted by Crippen LogP contribution is 2.36. The van der Waals surface area contributed by atoms with E-state index in [0.717, 1.165) is 30.5 Å². The van der Waals surface area contributed by atoms with Crippen LogP contribution in [0.4, 0.5) is 0 Å². The molecule has 0 aromatic carbocycles. The van der Waals surface area contributed by atoms with Crippen LogP contribution in [0.15, 0.2) is 18.7 Å². The summed E-state index contributed by atoms with van der Waals surface area (Å²) in [5, 5.41) is 0.633. The SMILES string of the molecule is C=CC[C@@H](CCC)Oc1nc(C)cc(C(C)(C)C)c1Cl. The number of rotatable bonds is 6. The zero-order valence-electron chi connectivity index (χ0n) is 13.3. The van der Waals surface area contributed by atoms with Crippen LogP contribution in [0.2, 0.25) is 5.02 Å². The van der Waals surface area contributed by atoms with Crippen molar-refractivity contribution in [3.63, 3.8) is 0 Å². The zero-order chi connectivity index (χ0) is 15.3. The van der Waals surface area contributed by atoms with E-state index in [1.807, 2.05) is 19.1 Å². The fourth-order valence-electron chi connectivity index (χ4n) is 2.14. The van der Waals surface area contributed by atoms with Gasteiger partial charge >= 0.3 is 0 Å². The van der Waals surface area contributed by atoms with Crippen LogP contribution in [-0.2, 0) is 5.41 Å². The second-order valence-electron chi connectivity index (χ2n) is 6.23. The number of aromatic nitrogens is 1. The Bertz CT molecular complexity index is 463. The van der Waals surface area contributed by atoms with Gasteiger partial charge in [0.05, 0.1) is 0 Å². The Morgan fingerprint density at radius 3 is 2.60 bits per heavy atom. The molecule has 1 atom stereocenters. The van der Waals surface area contributed by atoms with Gasteiger partial charge in [0.25, 0.3) is 0 Å². The van der Waals surface area contributed by atoms with Crippen molar-refractivity contribution in [2.45, 2.75) is 65.4 Å². The van der Waals surface area contributed by atoms with Gasteiger partial charge in [-0.2, -0.15) is 0 Å². The van der Waals surface area contributed by atoms with Crippen LogP contribution >= 0.6 is 11.6 Å². The molecule has 3 heteroatoms. The van der Waals surface area contributed by atoms with Crippen LogP contribution in [0.3, 0.4) is 0 Å². The number of halogens is 1. The molecule has 0 amide bonds. The van der Waals surface area contributed by atoms with E-state index in [1.165, 1.54) is 0 Å². The fraction of sp³-hybridized carbons (Fsp3) is 0.588. The second-order valence-corrected chi connectivity index (χ2v) is 6.61. The van der Waals surface area contributed by atoms with Crippen molar-refractivity contribution in [3.8, 4) is 5.88 Å². The summed E-state index contributed by atoms with van der Waals surface area (Å²) in [5.74, 6) is 0.553. The van der Waals surface area contributed by atoms with E-state index in [1.54, 1.807) is 0 Å². The van der Waals surface area contributed by atoms with Gasteiger partial charge in [-0.1, -0.05) is 51.8 Å². The smallest absolute Gasteiger partial charge is 0.233 e. The first-order valence-corrected chi connectivity index (χ1v) is 7.62. The average molecular weight is 296 g/mol. The quantitative estimate of drug-likeness (QED) is 0.650. The second kappa shape index (κ2) is 7.12. The Hall–Kier alpha value is -1.02. The van der Waals surface area contributed by atoms with Gasteiger partial charge in [0, 0.05) is 12.1 Å². The predicted molar refractivity (Wildman–Crippen MR) is 86.8 cm³/mol. The molecular formula is C17H26ClNO.